The first-order chi connectivity index (χ1) is 10.2. The summed E-state index contributed by atoms with van der Waals surface area (Å²) >= 11 is 0. The second kappa shape index (κ2) is 5.63. The van der Waals surface area contributed by atoms with Crippen LogP contribution in [0.1, 0.15) is 12.5 Å². The Morgan fingerprint density at radius 1 is 1.05 bits per heavy atom. The zero-order valence-corrected chi connectivity index (χ0v) is 11.7. The molecule has 0 atom stereocenters. The van der Waals surface area contributed by atoms with E-state index in [0.717, 1.165) is 33.6 Å². The first kappa shape index (κ1) is 13.1. The van der Waals surface area contributed by atoms with Crippen LogP contribution in [0.4, 0.5) is 11.4 Å². The Kier molecular flexibility index (Phi) is 3.51. The van der Waals surface area contributed by atoms with Crippen molar-refractivity contribution in [2.45, 2.75) is 6.92 Å². The monoisotopic (exact) mass is 276 g/mol. The number of hydrogen-bond donors (Lipinski definition) is 2. The molecule has 4 heteroatoms. The van der Waals surface area contributed by atoms with Gasteiger partial charge < -0.3 is 5.73 Å². The van der Waals surface area contributed by atoms with Crippen LogP contribution in [0.5, 0.6) is 0 Å². The summed E-state index contributed by atoms with van der Waals surface area (Å²) in [6.45, 7) is 1.96. The van der Waals surface area contributed by atoms with E-state index in [9.17, 15) is 0 Å². The van der Waals surface area contributed by atoms with Gasteiger partial charge in [0.2, 0.25) is 0 Å². The highest BCUT2D eigenvalue weighted by atomic mass is 15.3. The minimum absolute atomic E-state index is 0.748. The van der Waals surface area contributed by atoms with Gasteiger partial charge in [0.15, 0.2) is 0 Å². The molecule has 0 aliphatic carbocycles. The first-order valence-corrected chi connectivity index (χ1v) is 6.74. The van der Waals surface area contributed by atoms with E-state index in [0.29, 0.717) is 0 Å². The summed E-state index contributed by atoms with van der Waals surface area (Å²) in [7, 11) is 0. The molecule has 0 radical (unpaired) electrons. The van der Waals surface area contributed by atoms with E-state index in [-0.39, 0.29) is 0 Å². The number of fused-ring (bicyclic) bond motifs is 1. The number of nitrogen functional groups attached to an aromatic ring is 1. The molecule has 2 aromatic carbocycles. The highest BCUT2D eigenvalue weighted by molar-refractivity contribution is 6.00. The van der Waals surface area contributed by atoms with Gasteiger partial charge in [0.05, 0.1) is 16.9 Å². The molecule has 3 aromatic rings. The fourth-order valence-corrected chi connectivity index (χ4v) is 2.13. The van der Waals surface area contributed by atoms with Crippen molar-refractivity contribution in [1.29, 1.82) is 0 Å². The normalized spacial score (nSPS) is 11.6. The quantitative estimate of drug-likeness (QED) is 0.436. The number of rotatable bonds is 3. The molecule has 0 aliphatic rings. The van der Waals surface area contributed by atoms with E-state index in [1.807, 2.05) is 61.5 Å². The molecule has 0 spiro atoms. The van der Waals surface area contributed by atoms with Crippen molar-refractivity contribution in [2.75, 3.05) is 11.2 Å². The van der Waals surface area contributed by atoms with Gasteiger partial charge in [-0.15, -0.1) is 0 Å². The lowest BCUT2D eigenvalue weighted by molar-refractivity contribution is 1.31. The van der Waals surface area contributed by atoms with Gasteiger partial charge in [-0.05, 0) is 36.8 Å². The summed E-state index contributed by atoms with van der Waals surface area (Å²) in [5.74, 6) is 0. The highest BCUT2D eigenvalue weighted by Gasteiger charge is 2.01. The second-order valence-corrected chi connectivity index (χ2v) is 4.81. The maximum absolute atomic E-state index is 5.69. The number of nitrogens with one attached hydrogen (secondary N) is 1. The van der Waals surface area contributed by atoms with Crippen molar-refractivity contribution in [3.05, 3.63) is 66.4 Å². The van der Waals surface area contributed by atoms with Gasteiger partial charge in [0, 0.05) is 17.3 Å². The predicted molar refractivity (Wildman–Crippen MR) is 88.4 cm³/mol. The lowest BCUT2D eigenvalue weighted by atomic mass is 10.1. The maximum Gasteiger partial charge on any atom is 0.0951 e. The number of pyridine rings is 1. The number of para-hydroxylation sites is 1. The molecule has 0 saturated heterocycles. The molecule has 4 nitrogen and oxygen atoms in total. The van der Waals surface area contributed by atoms with Gasteiger partial charge in [-0.1, -0.05) is 30.3 Å². The molecule has 104 valence electrons. The Morgan fingerprint density at radius 3 is 2.62 bits per heavy atom. The van der Waals surface area contributed by atoms with Crippen LogP contribution in [0.25, 0.3) is 10.9 Å². The molecular formula is C17H16N4. The molecular weight excluding hydrogens is 260 g/mol. The zero-order chi connectivity index (χ0) is 14.7. The smallest absolute Gasteiger partial charge is 0.0951 e. The number of benzene rings is 2. The molecule has 0 fully saturated rings. The first-order valence-electron chi connectivity index (χ1n) is 6.74. The Labute approximate surface area is 123 Å². The van der Waals surface area contributed by atoms with E-state index in [1.165, 1.54) is 0 Å². The molecule has 1 aromatic heterocycles. The minimum Gasteiger partial charge on any atom is -0.399 e. The fraction of sp³-hybridized carbons (Fsp3) is 0.0588. The SMILES string of the molecule is C/C(=N/Nc1cccc2cccnc12)c1ccc(N)cc1. The van der Waals surface area contributed by atoms with Crippen LogP contribution < -0.4 is 11.2 Å². The lowest BCUT2D eigenvalue weighted by Crippen LogP contribution is -2.00. The maximum atomic E-state index is 5.69. The number of hydrazone groups is 1. The van der Waals surface area contributed by atoms with Crippen LogP contribution >= 0.6 is 0 Å². The third-order valence-electron chi connectivity index (χ3n) is 3.31. The van der Waals surface area contributed by atoms with Gasteiger partial charge in [-0.2, -0.15) is 5.10 Å². The molecule has 3 N–H and O–H groups in total. The number of anilines is 2. The zero-order valence-electron chi connectivity index (χ0n) is 11.7. The van der Waals surface area contributed by atoms with Gasteiger partial charge in [0.1, 0.15) is 0 Å². The number of aromatic nitrogens is 1. The summed E-state index contributed by atoms with van der Waals surface area (Å²) in [4.78, 5) is 4.40. The third kappa shape index (κ3) is 2.84. The number of hydrogen-bond acceptors (Lipinski definition) is 4. The van der Waals surface area contributed by atoms with Crippen molar-refractivity contribution in [3.63, 3.8) is 0 Å². The van der Waals surface area contributed by atoms with E-state index < -0.39 is 0 Å². The minimum atomic E-state index is 0.748. The molecule has 0 bridgehead atoms. The second-order valence-electron chi connectivity index (χ2n) is 4.81. The van der Waals surface area contributed by atoms with Crippen molar-refractivity contribution in [3.8, 4) is 0 Å². The third-order valence-corrected chi connectivity index (χ3v) is 3.31. The van der Waals surface area contributed by atoms with Crippen molar-refractivity contribution in [1.82, 2.24) is 4.98 Å². The van der Waals surface area contributed by atoms with Crippen LogP contribution in [0.3, 0.4) is 0 Å². The van der Waals surface area contributed by atoms with Crippen LogP contribution in [-0.4, -0.2) is 10.7 Å². The van der Waals surface area contributed by atoms with Crippen molar-refractivity contribution in [2.24, 2.45) is 5.10 Å². The predicted octanol–water partition coefficient (Wildman–Crippen LogP) is 3.65. The lowest BCUT2D eigenvalue weighted by Gasteiger charge is -2.06. The molecule has 0 unspecified atom stereocenters. The van der Waals surface area contributed by atoms with E-state index in [1.54, 1.807) is 6.20 Å². The Hall–Kier alpha value is -2.88. The summed E-state index contributed by atoms with van der Waals surface area (Å²) in [5, 5.41) is 5.52. The molecule has 21 heavy (non-hydrogen) atoms. The van der Waals surface area contributed by atoms with E-state index >= 15 is 0 Å². The Balaban J connectivity index is 1.88. The molecule has 0 amide bonds. The van der Waals surface area contributed by atoms with Gasteiger partial charge >= 0.3 is 0 Å². The summed E-state index contributed by atoms with van der Waals surface area (Å²) < 4.78 is 0. The van der Waals surface area contributed by atoms with E-state index in [2.05, 4.69) is 15.5 Å². The highest BCUT2D eigenvalue weighted by Crippen LogP contribution is 2.20. The summed E-state index contributed by atoms with van der Waals surface area (Å²) in [6, 6.07) is 17.6. The van der Waals surface area contributed by atoms with Crippen molar-refractivity contribution >= 4 is 28.0 Å². The molecule has 0 aliphatic heterocycles. The largest absolute Gasteiger partial charge is 0.399 e. The van der Waals surface area contributed by atoms with E-state index in [4.69, 9.17) is 5.73 Å². The van der Waals surface area contributed by atoms with Crippen LogP contribution in [0.15, 0.2) is 65.9 Å². The Morgan fingerprint density at radius 2 is 1.81 bits per heavy atom. The molecule has 3 rings (SSSR count). The van der Waals surface area contributed by atoms with Gasteiger partial charge in [-0.3, -0.25) is 10.4 Å². The Bertz CT molecular complexity index is 786. The molecule has 1 heterocycles. The standard InChI is InChI=1S/C17H16N4/c1-12(13-7-9-15(18)10-8-13)20-21-16-6-2-4-14-5-3-11-19-17(14)16/h2-11,21H,18H2,1H3/b20-12-. The van der Waals surface area contributed by atoms with Crippen LogP contribution in [-0.2, 0) is 0 Å². The van der Waals surface area contributed by atoms with Crippen molar-refractivity contribution < 1.29 is 0 Å². The number of nitrogens with two attached hydrogens (primary N) is 1. The van der Waals surface area contributed by atoms with Crippen LogP contribution in [0, 0.1) is 0 Å². The van der Waals surface area contributed by atoms with Gasteiger partial charge in [-0.25, -0.2) is 0 Å². The van der Waals surface area contributed by atoms with Crippen LogP contribution in [0.2, 0.25) is 0 Å². The topological polar surface area (TPSA) is 63.3 Å². The summed E-state index contributed by atoms with van der Waals surface area (Å²) in [6.07, 6.45) is 1.78. The summed E-state index contributed by atoms with van der Waals surface area (Å²) in [5.41, 5.74) is 13.3. The fourth-order valence-electron chi connectivity index (χ4n) is 2.13. The average Bonchev–Trinajstić information content (AvgIpc) is 2.53. The average molecular weight is 276 g/mol. The molecule has 0 saturated carbocycles. The number of nitrogens with zero attached hydrogens (tertiary/aromatic N) is 2. The van der Waals surface area contributed by atoms with Gasteiger partial charge in [0.25, 0.3) is 0 Å².